The first-order chi connectivity index (χ1) is 9.79. The second-order valence-corrected chi connectivity index (χ2v) is 5.69. The molecule has 2 rings (SSSR count). The third kappa shape index (κ3) is 4.52. The van der Waals surface area contributed by atoms with Gasteiger partial charge < -0.3 is 0 Å². The lowest BCUT2D eigenvalue weighted by Gasteiger charge is -2.22. The third-order valence-electron chi connectivity index (χ3n) is 4.20. The van der Waals surface area contributed by atoms with E-state index in [1.165, 1.54) is 24.0 Å². The van der Waals surface area contributed by atoms with Crippen molar-refractivity contribution in [1.82, 2.24) is 0 Å². The molecule has 0 aliphatic heterocycles. The summed E-state index contributed by atoms with van der Waals surface area (Å²) in [6.07, 6.45) is 5.98. The minimum atomic E-state index is 0.668. The molecule has 0 bridgehead atoms. The number of rotatable bonds is 7. The molecule has 0 nitrogen and oxygen atoms in total. The first kappa shape index (κ1) is 14.8. The maximum Gasteiger partial charge on any atom is -0.0245 e. The average Bonchev–Trinajstić information content (AvgIpc) is 2.52. The SMILES string of the molecule is C[CH]C(Cc1ccccc1)C(C)CCc1ccccc1. The molecule has 0 saturated carbocycles. The van der Waals surface area contributed by atoms with Gasteiger partial charge in [-0.25, -0.2) is 0 Å². The summed E-state index contributed by atoms with van der Waals surface area (Å²) < 4.78 is 0. The van der Waals surface area contributed by atoms with Gasteiger partial charge in [-0.1, -0.05) is 74.5 Å². The second kappa shape index (κ2) is 7.89. The van der Waals surface area contributed by atoms with Gasteiger partial charge in [-0.3, -0.25) is 0 Å². The van der Waals surface area contributed by atoms with Crippen molar-refractivity contribution in [3.05, 3.63) is 78.2 Å². The highest BCUT2D eigenvalue weighted by molar-refractivity contribution is 5.17. The molecule has 2 aromatic carbocycles. The van der Waals surface area contributed by atoms with E-state index in [0.717, 1.165) is 12.3 Å². The normalized spacial score (nSPS) is 13.9. The Morgan fingerprint density at radius 3 is 1.95 bits per heavy atom. The van der Waals surface area contributed by atoms with Crippen LogP contribution in [0.4, 0.5) is 0 Å². The van der Waals surface area contributed by atoms with E-state index in [0.29, 0.717) is 5.92 Å². The van der Waals surface area contributed by atoms with Gasteiger partial charge in [-0.05, 0) is 48.6 Å². The first-order valence-corrected chi connectivity index (χ1v) is 7.67. The molecule has 0 N–H and O–H groups in total. The predicted molar refractivity (Wildman–Crippen MR) is 87.5 cm³/mol. The Balaban J connectivity index is 1.87. The molecule has 1 radical (unpaired) electrons. The zero-order chi connectivity index (χ0) is 14.2. The van der Waals surface area contributed by atoms with Gasteiger partial charge in [0.1, 0.15) is 0 Å². The lowest BCUT2D eigenvalue weighted by atomic mass is 9.83. The second-order valence-electron chi connectivity index (χ2n) is 5.69. The summed E-state index contributed by atoms with van der Waals surface area (Å²) in [4.78, 5) is 0. The van der Waals surface area contributed by atoms with Gasteiger partial charge in [0.15, 0.2) is 0 Å². The highest BCUT2D eigenvalue weighted by Crippen LogP contribution is 2.24. The van der Waals surface area contributed by atoms with E-state index < -0.39 is 0 Å². The van der Waals surface area contributed by atoms with Crippen molar-refractivity contribution in [2.75, 3.05) is 0 Å². The Labute approximate surface area is 123 Å². The van der Waals surface area contributed by atoms with Crippen LogP contribution in [0.15, 0.2) is 60.7 Å². The Morgan fingerprint density at radius 2 is 1.40 bits per heavy atom. The van der Waals surface area contributed by atoms with E-state index >= 15 is 0 Å². The van der Waals surface area contributed by atoms with Crippen molar-refractivity contribution in [1.29, 1.82) is 0 Å². The van der Waals surface area contributed by atoms with Crippen molar-refractivity contribution in [2.24, 2.45) is 11.8 Å². The van der Waals surface area contributed by atoms with E-state index in [1.54, 1.807) is 0 Å². The number of hydrogen-bond donors (Lipinski definition) is 0. The van der Waals surface area contributed by atoms with Crippen molar-refractivity contribution >= 4 is 0 Å². The molecule has 0 amide bonds. The monoisotopic (exact) mass is 265 g/mol. The van der Waals surface area contributed by atoms with Crippen LogP contribution in [0.5, 0.6) is 0 Å². The smallest absolute Gasteiger partial charge is 0.0245 e. The van der Waals surface area contributed by atoms with Gasteiger partial charge >= 0.3 is 0 Å². The van der Waals surface area contributed by atoms with Crippen LogP contribution in [0.25, 0.3) is 0 Å². The molecule has 0 aliphatic carbocycles. The topological polar surface area (TPSA) is 0 Å². The molecule has 0 aromatic heterocycles. The molecule has 0 heteroatoms. The van der Waals surface area contributed by atoms with E-state index in [4.69, 9.17) is 0 Å². The first-order valence-electron chi connectivity index (χ1n) is 7.67. The highest BCUT2D eigenvalue weighted by atomic mass is 14.2. The van der Waals surface area contributed by atoms with Crippen LogP contribution in [0.3, 0.4) is 0 Å². The maximum atomic E-state index is 2.39. The molecule has 0 aliphatic rings. The maximum absolute atomic E-state index is 2.39. The van der Waals surface area contributed by atoms with Crippen LogP contribution in [0.2, 0.25) is 0 Å². The summed E-state index contributed by atoms with van der Waals surface area (Å²) in [6.45, 7) is 4.59. The minimum Gasteiger partial charge on any atom is -0.0622 e. The molecule has 2 aromatic rings. The number of hydrogen-bond acceptors (Lipinski definition) is 0. The predicted octanol–water partition coefficient (Wildman–Crippen LogP) is 5.34. The molecule has 0 fully saturated rings. The highest BCUT2D eigenvalue weighted by Gasteiger charge is 2.16. The van der Waals surface area contributed by atoms with E-state index in [1.807, 2.05) is 0 Å². The van der Waals surface area contributed by atoms with E-state index in [2.05, 4.69) is 80.9 Å². The number of benzene rings is 2. The molecular formula is C20H25. The summed E-state index contributed by atoms with van der Waals surface area (Å²) in [5.41, 5.74) is 2.90. The van der Waals surface area contributed by atoms with Gasteiger partial charge in [0, 0.05) is 0 Å². The molecular weight excluding hydrogens is 240 g/mol. The fourth-order valence-electron chi connectivity index (χ4n) is 2.79. The zero-order valence-electron chi connectivity index (χ0n) is 12.6. The minimum absolute atomic E-state index is 0.668. The largest absolute Gasteiger partial charge is 0.0622 e. The van der Waals surface area contributed by atoms with Crippen LogP contribution in [-0.4, -0.2) is 0 Å². The Morgan fingerprint density at radius 1 is 0.850 bits per heavy atom. The van der Waals surface area contributed by atoms with Crippen LogP contribution in [0, 0.1) is 18.3 Å². The lowest BCUT2D eigenvalue weighted by Crippen LogP contribution is -2.15. The lowest BCUT2D eigenvalue weighted by molar-refractivity contribution is 0.377. The molecule has 2 atom stereocenters. The molecule has 105 valence electrons. The average molecular weight is 265 g/mol. The van der Waals surface area contributed by atoms with Crippen LogP contribution >= 0.6 is 0 Å². The summed E-state index contributed by atoms with van der Waals surface area (Å²) in [5.74, 6) is 1.39. The molecule has 0 spiro atoms. The fourth-order valence-corrected chi connectivity index (χ4v) is 2.79. The van der Waals surface area contributed by atoms with Crippen LogP contribution in [0.1, 0.15) is 31.4 Å². The third-order valence-corrected chi connectivity index (χ3v) is 4.20. The van der Waals surface area contributed by atoms with Gasteiger partial charge in [0.25, 0.3) is 0 Å². The van der Waals surface area contributed by atoms with Gasteiger partial charge in [-0.2, -0.15) is 0 Å². The number of aryl methyl sites for hydroxylation is 1. The molecule has 20 heavy (non-hydrogen) atoms. The van der Waals surface area contributed by atoms with Crippen molar-refractivity contribution < 1.29 is 0 Å². The van der Waals surface area contributed by atoms with Crippen molar-refractivity contribution in [3.63, 3.8) is 0 Å². The van der Waals surface area contributed by atoms with Gasteiger partial charge in [0.05, 0.1) is 0 Å². The Bertz CT molecular complexity index is 472. The molecule has 0 saturated heterocycles. The van der Waals surface area contributed by atoms with Gasteiger partial charge in [-0.15, -0.1) is 0 Å². The summed E-state index contributed by atoms with van der Waals surface area (Å²) >= 11 is 0. The Kier molecular flexibility index (Phi) is 5.86. The van der Waals surface area contributed by atoms with Crippen LogP contribution < -0.4 is 0 Å². The van der Waals surface area contributed by atoms with E-state index in [-0.39, 0.29) is 0 Å². The van der Waals surface area contributed by atoms with E-state index in [9.17, 15) is 0 Å². The van der Waals surface area contributed by atoms with Crippen molar-refractivity contribution in [2.45, 2.75) is 33.1 Å². The quantitative estimate of drug-likeness (QED) is 0.634. The summed E-state index contributed by atoms with van der Waals surface area (Å²) in [6, 6.07) is 21.6. The van der Waals surface area contributed by atoms with Crippen molar-refractivity contribution in [3.8, 4) is 0 Å². The Hall–Kier alpha value is -1.56. The summed E-state index contributed by atoms with van der Waals surface area (Å²) in [7, 11) is 0. The van der Waals surface area contributed by atoms with Gasteiger partial charge in [0.2, 0.25) is 0 Å². The molecule has 0 heterocycles. The summed E-state index contributed by atoms with van der Waals surface area (Å²) in [5, 5.41) is 0. The molecule has 2 unspecified atom stereocenters. The zero-order valence-corrected chi connectivity index (χ0v) is 12.6. The van der Waals surface area contributed by atoms with Crippen LogP contribution in [-0.2, 0) is 12.8 Å². The standard InChI is InChI=1S/C20H25/c1-3-20(16-19-12-8-5-9-13-19)17(2)14-15-18-10-6-4-7-11-18/h3-13,17,20H,14-16H2,1-2H3. The fraction of sp³-hybridized carbons (Fsp3) is 0.350.